The molecule has 1 aliphatic carbocycles. The minimum atomic E-state index is -0.877. The fourth-order valence-electron chi connectivity index (χ4n) is 3.25. The normalized spacial score (nSPS) is 14.0. The maximum absolute atomic E-state index is 12.1. The number of pyridine rings is 2. The lowest BCUT2D eigenvalue weighted by Crippen LogP contribution is -2.27. The standard InChI is InChI=1S/C25H28N4O3/c1-25(2,31)15-32-19-10-5-16(6-11-19)4-7-18-13-28-23(26-3)21-14-27-22(12-20(18)21)29-24(30)17-8-9-17/h4-7,10-14,17,31H,8-9,15H2,1-3H3,(H,26,28)(H,27,29,30)/b7-4+. The second kappa shape index (κ2) is 8.96. The molecule has 2 heterocycles. The Morgan fingerprint density at radius 1 is 1.16 bits per heavy atom. The van der Waals surface area contributed by atoms with Gasteiger partial charge in [-0.1, -0.05) is 24.3 Å². The Kier molecular flexibility index (Phi) is 6.10. The number of carbonyl (C=O) groups is 1. The van der Waals surface area contributed by atoms with Gasteiger partial charge in [0.05, 0.1) is 5.60 Å². The Morgan fingerprint density at radius 3 is 2.56 bits per heavy atom. The number of ether oxygens (including phenoxy) is 1. The molecule has 0 saturated heterocycles. The van der Waals surface area contributed by atoms with Gasteiger partial charge in [0, 0.05) is 36.3 Å². The van der Waals surface area contributed by atoms with Crippen LogP contribution < -0.4 is 15.4 Å². The molecule has 0 aliphatic heterocycles. The van der Waals surface area contributed by atoms with Crippen LogP contribution in [0.4, 0.5) is 11.6 Å². The summed E-state index contributed by atoms with van der Waals surface area (Å²) in [7, 11) is 1.82. The molecule has 4 rings (SSSR count). The maximum atomic E-state index is 12.1. The number of amides is 1. The third-order valence-corrected chi connectivity index (χ3v) is 5.17. The van der Waals surface area contributed by atoms with E-state index in [4.69, 9.17) is 4.74 Å². The molecule has 0 bridgehead atoms. The highest BCUT2D eigenvalue weighted by Crippen LogP contribution is 2.31. The highest BCUT2D eigenvalue weighted by atomic mass is 16.5. The smallest absolute Gasteiger partial charge is 0.228 e. The first kappa shape index (κ1) is 21.8. The van der Waals surface area contributed by atoms with Crippen LogP contribution >= 0.6 is 0 Å². The van der Waals surface area contributed by atoms with Crippen LogP contribution in [0.5, 0.6) is 5.75 Å². The van der Waals surface area contributed by atoms with Crippen molar-refractivity contribution in [2.24, 2.45) is 5.92 Å². The predicted octanol–water partition coefficient (Wildman–Crippen LogP) is 4.34. The van der Waals surface area contributed by atoms with Crippen LogP contribution in [-0.2, 0) is 4.79 Å². The van der Waals surface area contributed by atoms with E-state index in [-0.39, 0.29) is 18.4 Å². The van der Waals surface area contributed by atoms with Crippen LogP contribution in [0.2, 0.25) is 0 Å². The molecule has 2 aromatic heterocycles. The number of fused-ring (bicyclic) bond motifs is 1. The SMILES string of the molecule is CNc1ncc(/C=C/c2ccc(OCC(C)(C)O)cc2)c2cc(NC(=O)C3CC3)ncc12. The number of nitrogens with one attached hydrogen (secondary N) is 2. The lowest BCUT2D eigenvalue weighted by molar-refractivity contribution is -0.117. The molecule has 1 amide bonds. The summed E-state index contributed by atoms with van der Waals surface area (Å²) in [6, 6.07) is 9.56. The van der Waals surface area contributed by atoms with E-state index < -0.39 is 5.60 Å². The molecule has 1 saturated carbocycles. The molecule has 1 aromatic carbocycles. The summed E-state index contributed by atoms with van der Waals surface area (Å²) in [5, 5.41) is 17.6. The van der Waals surface area contributed by atoms with Crippen LogP contribution in [0.25, 0.3) is 22.9 Å². The number of hydrogen-bond acceptors (Lipinski definition) is 6. The van der Waals surface area contributed by atoms with Crippen LogP contribution in [0, 0.1) is 5.92 Å². The van der Waals surface area contributed by atoms with E-state index >= 15 is 0 Å². The lowest BCUT2D eigenvalue weighted by atomic mass is 10.1. The van der Waals surface area contributed by atoms with E-state index in [2.05, 4.69) is 20.6 Å². The largest absolute Gasteiger partial charge is 0.491 e. The van der Waals surface area contributed by atoms with E-state index in [1.165, 1.54) is 0 Å². The molecule has 166 valence electrons. The van der Waals surface area contributed by atoms with Crippen molar-refractivity contribution >= 4 is 40.5 Å². The molecule has 7 heteroatoms. The van der Waals surface area contributed by atoms with Gasteiger partial charge in [0.2, 0.25) is 5.91 Å². The van der Waals surface area contributed by atoms with Crippen molar-refractivity contribution in [1.29, 1.82) is 0 Å². The highest BCUT2D eigenvalue weighted by Gasteiger charge is 2.29. The summed E-state index contributed by atoms with van der Waals surface area (Å²) in [6.45, 7) is 3.64. The summed E-state index contributed by atoms with van der Waals surface area (Å²) < 4.78 is 5.60. The summed E-state index contributed by atoms with van der Waals surface area (Å²) in [6.07, 6.45) is 9.43. The quantitative estimate of drug-likeness (QED) is 0.490. The minimum absolute atomic E-state index is 0.0312. The predicted molar refractivity (Wildman–Crippen MR) is 128 cm³/mol. The van der Waals surface area contributed by atoms with Crippen LogP contribution in [0.3, 0.4) is 0 Å². The molecular weight excluding hydrogens is 404 g/mol. The van der Waals surface area contributed by atoms with Crippen LogP contribution in [-0.4, -0.2) is 40.2 Å². The second-order valence-corrected chi connectivity index (χ2v) is 8.69. The number of carbonyl (C=O) groups excluding carboxylic acids is 1. The number of rotatable bonds is 8. The van der Waals surface area contributed by atoms with Crippen LogP contribution in [0.1, 0.15) is 37.8 Å². The Balaban J connectivity index is 1.57. The Labute approximate surface area is 187 Å². The maximum Gasteiger partial charge on any atom is 0.228 e. The minimum Gasteiger partial charge on any atom is -0.491 e. The molecule has 1 fully saturated rings. The fourth-order valence-corrected chi connectivity index (χ4v) is 3.25. The van der Waals surface area contributed by atoms with Crippen molar-refractivity contribution in [1.82, 2.24) is 9.97 Å². The zero-order chi connectivity index (χ0) is 22.7. The van der Waals surface area contributed by atoms with Crippen molar-refractivity contribution in [3.8, 4) is 5.75 Å². The van der Waals surface area contributed by atoms with Gasteiger partial charge in [0.15, 0.2) is 0 Å². The van der Waals surface area contributed by atoms with Gasteiger partial charge in [-0.25, -0.2) is 9.97 Å². The second-order valence-electron chi connectivity index (χ2n) is 8.69. The molecule has 1 aliphatic rings. The summed E-state index contributed by atoms with van der Waals surface area (Å²) in [4.78, 5) is 21.0. The van der Waals surface area contributed by atoms with E-state index in [1.807, 2.05) is 49.5 Å². The average molecular weight is 433 g/mol. The topological polar surface area (TPSA) is 96.4 Å². The van der Waals surface area contributed by atoms with Crippen molar-refractivity contribution < 1.29 is 14.6 Å². The lowest BCUT2D eigenvalue weighted by Gasteiger charge is -2.17. The van der Waals surface area contributed by atoms with Gasteiger partial charge in [-0.05, 0) is 55.8 Å². The molecule has 32 heavy (non-hydrogen) atoms. The monoisotopic (exact) mass is 432 g/mol. The Morgan fingerprint density at radius 2 is 1.91 bits per heavy atom. The summed E-state index contributed by atoms with van der Waals surface area (Å²) >= 11 is 0. The first-order chi connectivity index (χ1) is 15.3. The molecule has 0 atom stereocenters. The van der Waals surface area contributed by atoms with Gasteiger partial charge >= 0.3 is 0 Å². The average Bonchev–Trinajstić information content (AvgIpc) is 3.62. The summed E-state index contributed by atoms with van der Waals surface area (Å²) in [5.74, 6) is 2.14. The zero-order valence-corrected chi connectivity index (χ0v) is 18.6. The first-order valence-corrected chi connectivity index (χ1v) is 10.7. The first-order valence-electron chi connectivity index (χ1n) is 10.7. The van der Waals surface area contributed by atoms with E-state index in [0.717, 1.165) is 40.6 Å². The molecule has 0 unspecified atom stereocenters. The van der Waals surface area contributed by atoms with Gasteiger partial charge in [-0.3, -0.25) is 4.79 Å². The van der Waals surface area contributed by atoms with Gasteiger partial charge in [-0.15, -0.1) is 0 Å². The molecule has 3 N–H and O–H groups in total. The third-order valence-electron chi connectivity index (χ3n) is 5.17. The van der Waals surface area contributed by atoms with E-state index in [0.29, 0.717) is 11.6 Å². The van der Waals surface area contributed by atoms with Gasteiger partial charge < -0.3 is 20.5 Å². The van der Waals surface area contributed by atoms with Gasteiger partial charge in [0.25, 0.3) is 0 Å². The summed E-state index contributed by atoms with van der Waals surface area (Å²) in [5.41, 5.74) is 1.05. The zero-order valence-electron chi connectivity index (χ0n) is 18.6. The third kappa shape index (κ3) is 5.42. The number of benzene rings is 1. The molecule has 0 spiro atoms. The van der Waals surface area contributed by atoms with Crippen molar-refractivity contribution in [3.63, 3.8) is 0 Å². The molecule has 7 nitrogen and oxygen atoms in total. The van der Waals surface area contributed by atoms with Crippen molar-refractivity contribution in [2.75, 3.05) is 24.3 Å². The number of nitrogens with zero attached hydrogens (tertiary/aromatic N) is 2. The fraction of sp³-hybridized carbons (Fsp3) is 0.320. The number of aromatic nitrogens is 2. The number of anilines is 2. The van der Waals surface area contributed by atoms with Gasteiger partial charge in [0.1, 0.15) is 24.0 Å². The van der Waals surface area contributed by atoms with Crippen LogP contribution in [0.15, 0.2) is 42.7 Å². The Hall–Kier alpha value is -3.45. The van der Waals surface area contributed by atoms with Crippen molar-refractivity contribution in [3.05, 3.63) is 53.9 Å². The number of aliphatic hydroxyl groups is 1. The van der Waals surface area contributed by atoms with Crippen molar-refractivity contribution in [2.45, 2.75) is 32.3 Å². The molecular formula is C25H28N4O3. The highest BCUT2D eigenvalue weighted by molar-refractivity contribution is 6.01. The van der Waals surface area contributed by atoms with E-state index in [9.17, 15) is 9.90 Å². The Bertz CT molecular complexity index is 1150. The molecule has 3 aromatic rings. The number of hydrogen-bond donors (Lipinski definition) is 3. The molecule has 0 radical (unpaired) electrons. The van der Waals surface area contributed by atoms with Gasteiger partial charge in [-0.2, -0.15) is 0 Å². The van der Waals surface area contributed by atoms with E-state index in [1.54, 1.807) is 26.2 Å².